The van der Waals surface area contributed by atoms with Crippen LogP contribution >= 0.6 is 11.3 Å². The number of nitrogens with zero attached hydrogens (tertiary/aromatic N) is 1. The van der Waals surface area contributed by atoms with Crippen molar-refractivity contribution in [3.8, 4) is 22.8 Å². The number of hydrogen-bond donors (Lipinski definition) is 1. The summed E-state index contributed by atoms with van der Waals surface area (Å²) in [6, 6.07) is 6.64. The van der Waals surface area contributed by atoms with Crippen LogP contribution in [0.4, 0.5) is 5.69 Å². The van der Waals surface area contributed by atoms with E-state index in [-0.39, 0.29) is 11.7 Å². The van der Waals surface area contributed by atoms with Crippen LogP contribution < -0.4 is 14.2 Å². The third-order valence-electron chi connectivity index (χ3n) is 3.97. The van der Waals surface area contributed by atoms with Crippen molar-refractivity contribution in [3.63, 3.8) is 0 Å². The van der Waals surface area contributed by atoms with Crippen molar-refractivity contribution in [2.24, 2.45) is 0 Å². The van der Waals surface area contributed by atoms with Crippen molar-refractivity contribution < 1.29 is 22.4 Å². The molecule has 3 aromatic rings. The highest BCUT2D eigenvalue weighted by Crippen LogP contribution is 2.41. The fourth-order valence-corrected chi connectivity index (χ4v) is 5.84. The van der Waals surface area contributed by atoms with Crippen LogP contribution in [0.15, 0.2) is 33.7 Å². The average Bonchev–Trinajstić information content (AvgIpc) is 3.25. The number of thiophene rings is 1. The lowest BCUT2D eigenvalue weighted by Gasteiger charge is -2.10. The van der Waals surface area contributed by atoms with E-state index >= 15 is 0 Å². The van der Waals surface area contributed by atoms with E-state index in [4.69, 9.17) is 14.0 Å². The predicted molar refractivity (Wildman–Crippen MR) is 97.4 cm³/mol. The number of rotatable bonds is 4. The lowest BCUT2D eigenvalue weighted by molar-refractivity contribution is 0.174. The highest BCUT2D eigenvalue weighted by molar-refractivity contribution is 7.93. The Hall–Kier alpha value is -2.52. The molecule has 1 aliphatic heterocycles. The number of fused-ring (bicyclic) bond motifs is 1. The molecule has 0 bridgehead atoms. The molecule has 0 radical (unpaired) electrons. The second-order valence-electron chi connectivity index (χ2n) is 5.92. The van der Waals surface area contributed by atoms with Gasteiger partial charge in [0.15, 0.2) is 17.3 Å². The SMILES string of the molecule is Cc1cc(-c2c(C)sc(C)c2S(=O)(=O)Nc2ccc3c(c2)OCO3)on1. The highest BCUT2D eigenvalue weighted by atomic mass is 32.2. The first-order chi connectivity index (χ1) is 12.3. The topological polar surface area (TPSA) is 90.7 Å². The van der Waals surface area contributed by atoms with Gasteiger partial charge >= 0.3 is 0 Å². The van der Waals surface area contributed by atoms with Crippen LogP contribution in [0.3, 0.4) is 0 Å². The lowest BCUT2D eigenvalue weighted by Crippen LogP contribution is -2.14. The summed E-state index contributed by atoms with van der Waals surface area (Å²) in [6.45, 7) is 5.56. The minimum atomic E-state index is -3.83. The Morgan fingerprint density at radius 1 is 1.08 bits per heavy atom. The summed E-state index contributed by atoms with van der Waals surface area (Å²) in [5.74, 6) is 1.54. The molecule has 0 spiro atoms. The molecule has 1 aromatic carbocycles. The van der Waals surface area contributed by atoms with Gasteiger partial charge in [0.25, 0.3) is 10.0 Å². The predicted octanol–water partition coefficient (Wildman–Crippen LogP) is 3.86. The van der Waals surface area contributed by atoms with Gasteiger partial charge in [-0.1, -0.05) is 5.16 Å². The van der Waals surface area contributed by atoms with Crippen molar-refractivity contribution >= 4 is 27.0 Å². The Morgan fingerprint density at radius 2 is 1.85 bits per heavy atom. The van der Waals surface area contributed by atoms with Crippen LogP contribution in [0.2, 0.25) is 0 Å². The summed E-state index contributed by atoms with van der Waals surface area (Å²) < 4.78 is 44.7. The summed E-state index contributed by atoms with van der Waals surface area (Å²) >= 11 is 1.41. The standard InChI is InChI=1S/C17H16N2O5S2/c1-9-6-15(24-18-9)16-10(2)25-11(3)17(16)26(20,21)19-12-4-5-13-14(7-12)23-8-22-13/h4-7,19H,8H2,1-3H3. The molecule has 3 heterocycles. The van der Waals surface area contributed by atoms with Crippen LogP contribution in [0.1, 0.15) is 15.4 Å². The van der Waals surface area contributed by atoms with Gasteiger partial charge in [-0.3, -0.25) is 4.72 Å². The maximum atomic E-state index is 13.1. The van der Waals surface area contributed by atoms with E-state index in [0.717, 1.165) is 4.88 Å². The van der Waals surface area contributed by atoms with E-state index in [9.17, 15) is 8.42 Å². The largest absolute Gasteiger partial charge is 0.454 e. The average molecular weight is 392 g/mol. The molecule has 1 N–H and O–H groups in total. The Labute approximate surface area is 154 Å². The van der Waals surface area contributed by atoms with E-state index in [2.05, 4.69) is 9.88 Å². The summed E-state index contributed by atoms with van der Waals surface area (Å²) in [4.78, 5) is 1.73. The number of aryl methyl sites for hydroxylation is 3. The second-order valence-corrected chi connectivity index (χ2v) is 8.97. The number of hydrogen-bond acceptors (Lipinski definition) is 7. The lowest BCUT2D eigenvalue weighted by atomic mass is 10.2. The molecule has 0 unspecified atom stereocenters. The maximum Gasteiger partial charge on any atom is 0.263 e. The van der Waals surface area contributed by atoms with Crippen molar-refractivity contribution in [2.45, 2.75) is 25.7 Å². The van der Waals surface area contributed by atoms with Crippen LogP contribution in [-0.2, 0) is 10.0 Å². The zero-order valence-corrected chi connectivity index (χ0v) is 16.0. The molecule has 0 saturated heterocycles. The third kappa shape index (κ3) is 2.82. The van der Waals surface area contributed by atoms with Gasteiger partial charge in [0.1, 0.15) is 4.90 Å². The molecule has 0 amide bonds. The fourth-order valence-electron chi connectivity index (χ4n) is 2.92. The summed E-state index contributed by atoms with van der Waals surface area (Å²) in [5.41, 5.74) is 1.63. The van der Waals surface area contributed by atoms with Gasteiger partial charge in [0.2, 0.25) is 6.79 Å². The first-order valence-corrected chi connectivity index (χ1v) is 10.1. The molecule has 136 valence electrons. The number of sulfonamides is 1. The molecule has 1 aliphatic rings. The zero-order valence-electron chi connectivity index (χ0n) is 14.3. The summed E-state index contributed by atoms with van der Waals surface area (Å²) in [5, 5.41) is 3.87. The van der Waals surface area contributed by atoms with Gasteiger partial charge in [0, 0.05) is 21.9 Å². The van der Waals surface area contributed by atoms with Gasteiger partial charge in [0.05, 0.1) is 16.9 Å². The molecule has 0 aliphatic carbocycles. The molecular weight excluding hydrogens is 376 g/mol. The van der Waals surface area contributed by atoms with E-state index < -0.39 is 10.0 Å². The molecule has 26 heavy (non-hydrogen) atoms. The third-order valence-corrected chi connectivity index (χ3v) is 6.67. The molecule has 9 heteroatoms. The zero-order chi connectivity index (χ0) is 18.5. The smallest absolute Gasteiger partial charge is 0.263 e. The van der Waals surface area contributed by atoms with Crippen LogP contribution in [0, 0.1) is 20.8 Å². The second kappa shape index (κ2) is 6.03. The first-order valence-electron chi connectivity index (χ1n) is 7.81. The Morgan fingerprint density at radius 3 is 2.58 bits per heavy atom. The summed E-state index contributed by atoms with van der Waals surface area (Å²) in [7, 11) is -3.83. The molecular formula is C17H16N2O5S2. The number of ether oxygens (including phenoxy) is 2. The first kappa shape index (κ1) is 16.9. The number of benzene rings is 1. The van der Waals surface area contributed by atoms with Crippen molar-refractivity contribution in [2.75, 3.05) is 11.5 Å². The minimum absolute atomic E-state index is 0.128. The minimum Gasteiger partial charge on any atom is -0.454 e. The Kier molecular flexibility index (Phi) is 3.92. The Balaban J connectivity index is 1.77. The van der Waals surface area contributed by atoms with Gasteiger partial charge in [-0.2, -0.15) is 0 Å². The fraction of sp³-hybridized carbons (Fsp3) is 0.235. The van der Waals surface area contributed by atoms with Gasteiger partial charge in [-0.15, -0.1) is 11.3 Å². The monoisotopic (exact) mass is 392 g/mol. The van der Waals surface area contributed by atoms with Gasteiger partial charge in [-0.25, -0.2) is 8.42 Å². The van der Waals surface area contributed by atoms with Crippen LogP contribution in [0.5, 0.6) is 11.5 Å². The van der Waals surface area contributed by atoms with E-state index in [0.29, 0.717) is 39.1 Å². The van der Waals surface area contributed by atoms with E-state index in [1.165, 1.54) is 11.3 Å². The molecule has 4 rings (SSSR count). The van der Waals surface area contributed by atoms with Crippen molar-refractivity contribution in [1.82, 2.24) is 5.16 Å². The Bertz CT molecular complexity index is 1100. The number of aromatic nitrogens is 1. The van der Waals surface area contributed by atoms with Crippen LogP contribution in [-0.4, -0.2) is 20.4 Å². The summed E-state index contributed by atoms with van der Waals surface area (Å²) in [6.07, 6.45) is 0. The van der Waals surface area contributed by atoms with Gasteiger partial charge in [-0.05, 0) is 32.9 Å². The quantitative estimate of drug-likeness (QED) is 0.725. The molecule has 0 fully saturated rings. The van der Waals surface area contributed by atoms with Crippen molar-refractivity contribution in [3.05, 3.63) is 39.7 Å². The maximum absolute atomic E-state index is 13.1. The van der Waals surface area contributed by atoms with Crippen molar-refractivity contribution in [1.29, 1.82) is 0 Å². The van der Waals surface area contributed by atoms with E-state index in [1.54, 1.807) is 38.1 Å². The molecule has 0 saturated carbocycles. The van der Waals surface area contributed by atoms with Gasteiger partial charge < -0.3 is 14.0 Å². The van der Waals surface area contributed by atoms with Crippen LogP contribution in [0.25, 0.3) is 11.3 Å². The number of nitrogens with one attached hydrogen (secondary N) is 1. The van der Waals surface area contributed by atoms with E-state index in [1.807, 2.05) is 6.92 Å². The highest BCUT2D eigenvalue weighted by Gasteiger charge is 2.29. The molecule has 0 atom stereocenters. The molecule has 2 aromatic heterocycles. The number of anilines is 1. The normalized spacial score (nSPS) is 13.2. The molecule has 7 nitrogen and oxygen atoms in total.